The van der Waals surface area contributed by atoms with E-state index in [2.05, 4.69) is 0 Å². The molecule has 27 heavy (non-hydrogen) atoms. The van der Waals surface area contributed by atoms with Gasteiger partial charge in [-0.2, -0.15) is 0 Å². The maximum absolute atomic E-state index is 12.7. The van der Waals surface area contributed by atoms with E-state index in [9.17, 15) is 14.4 Å². The summed E-state index contributed by atoms with van der Waals surface area (Å²) < 4.78 is 5.18. The zero-order chi connectivity index (χ0) is 19.0. The average Bonchev–Trinajstić information content (AvgIpc) is 2.93. The van der Waals surface area contributed by atoms with Crippen LogP contribution in [0.1, 0.15) is 26.3 Å². The Morgan fingerprint density at radius 2 is 1.67 bits per heavy atom. The highest BCUT2D eigenvalue weighted by molar-refractivity contribution is 6.21. The van der Waals surface area contributed by atoms with Crippen LogP contribution < -0.4 is 0 Å². The summed E-state index contributed by atoms with van der Waals surface area (Å²) in [6.07, 6.45) is -0.730. The number of amides is 3. The molecule has 1 fully saturated rings. The van der Waals surface area contributed by atoms with E-state index in [4.69, 9.17) is 9.57 Å². The van der Waals surface area contributed by atoms with Crippen LogP contribution in [-0.4, -0.2) is 54.2 Å². The highest BCUT2D eigenvalue weighted by atomic mass is 16.7. The Morgan fingerprint density at radius 1 is 0.963 bits per heavy atom. The Hall–Kier alpha value is -3.19. The summed E-state index contributed by atoms with van der Waals surface area (Å²) in [5.74, 6) is -1.27. The van der Waals surface area contributed by atoms with Gasteiger partial charge in [0, 0.05) is 13.1 Å². The Labute approximate surface area is 156 Å². The fourth-order valence-corrected chi connectivity index (χ4v) is 3.19. The minimum absolute atomic E-state index is 0.228. The number of benzene rings is 2. The molecule has 0 aromatic heterocycles. The number of carbonyl (C=O) groups is 3. The molecular weight excluding hydrogens is 348 g/mol. The van der Waals surface area contributed by atoms with Gasteiger partial charge in [0.1, 0.15) is 0 Å². The van der Waals surface area contributed by atoms with Crippen molar-refractivity contribution in [2.24, 2.45) is 0 Å². The van der Waals surface area contributed by atoms with Gasteiger partial charge >= 0.3 is 6.09 Å². The molecule has 2 heterocycles. The minimum Gasteiger partial charge on any atom is -0.378 e. The van der Waals surface area contributed by atoms with Crippen LogP contribution >= 0.6 is 0 Å². The first-order valence-corrected chi connectivity index (χ1v) is 8.69. The third kappa shape index (κ3) is 3.17. The quantitative estimate of drug-likeness (QED) is 0.764. The van der Waals surface area contributed by atoms with Gasteiger partial charge < -0.3 is 14.5 Å². The Bertz CT molecular complexity index is 934. The van der Waals surface area contributed by atoms with Crippen LogP contribution in [0, 0.1) is 6.92 Å². The average molecular weight is 366 g/mol. The molecule has 0 radical (unpaired) electrons. The molecule has 0 aliphatic carbocycles. The van der Waals surface area contributed by atoms with E-state index < -0.39 is 17.9 Å². The van der Waals surface area contributed by atoms with Gasteiger partial charge in [-0.3, -0.25) is 9.59 Å². The molecule has 0 N–H and O–H groups in total. The van der Waals surface area contributed by atoms with Crippen LogP contribution in [0.3, 0.4) is 0 Å². The number of morpholine rings is 1. The molecule has 0 saturated carbocycles. The van der Waals surface area contributed by atoms with Crippen molar-refractivity contribution >= 4 is 17.9 Å². The molecule has 138 valence electrons. The van der Waals surface area contributed by atoms with Crippen LogP contribution in [0.25, 0.3) is 11.1 Å². The molecule has 0 unspecified atom stereocenters. The van der Waals surface area contributed by atoms with Crippen molar-refractivity contribution in [2.75, 3.05) is 26.3 Å². The van der Waals surface area contributed by atoms with Gasteiger partial charge in [0.05, 0.1) is 24.3 Å². The van der Waals surface area contributed by atoms with Crippen LogP contribution in [0.2, 0.25) is 0 Å². The molecule has 2 aromatic carbocycles. The summed E-state index contributed by atoms with van der Waals surface area (Å²) in [7, 11) is 0. The van der Waals surface area contributed by atoms with Gasteiger partial charge in [0.15, 0.2) is 0 Å². The molecule has 4 rings (SSSR count). The molecule has 2 aliphatic heterocycles. The molecular formula is C20H18N2O5. The van der Waals surface area contributed by atoms with E-state index >= 15 is 0 Å². The SMILES string of the molecule is Cc1cccc(-c2ccc3c(c2)C(=O)N(OC(=O)N2CCOCC2)C3=O)c1. The number of hydrogen-bond acceptors (Lipinski definition) is 5. The molecule has 0 bridgehead atoms. The van der Waals surface area contributed by atoms with E-state index in [0.29, 0.717) is 31.4 Å². The van der Waals surface area contributed by atoms with E-state index in [1.54, 1.807) is 18.2 Å². The van der Waals surface area contributed by atoms with Crippen LogP contribution in [0.5, 0.6) is 0 Å². The number of hydroxylamine groups is 2. The van der Waals surface area contributed by atoms with E-state index in [-0.39, 0.29) is 11.1 Å². The van der Waals surface area contributed by atoms with E-state index in [1.807, 2.05) is 31.2 Å². The second kappa shape index (κ2) is 6.85. The standard InChI is InChI=1S/C20H18N2O5/c1-13-3-2-4-14(11-13)15-5-6-16-17(12-15)19(24)22(18(16)23)27-20(25)21-7-9-26-10-8-21/h2-6,11-12H,7-10H2,1H3. The van der Waals surface area contributed by atoms with Crippen molar-refractivity contribution < 1.29 is 24.0 Å². The van der Waals surface area contributed by atoms with Crippen LogP contribution in [0.15, 0.2) is 42.5 Å². The fourth-order valence-electron chi connectivity index (χ4n) is 3.19. The summed E-state index contributed by atoms with van der Waals surface area (Å²) in [5.41, 5.74) is 3.32. The van der Waals surface area contributed by atoms with Crippen LogP contribution in [-0.2, 0) is 9.57 Å². The van der Waals surface area contributed by atoms with Crippen molar-refractivity contribution in [2.45, 2.75) is 6.92 Å². The summed E-state index contributed by atoms with van der Waals surface area (Å²) in [5, 5.41) is 0.544. The number of rotatable bonds is 2. The summed E-state index contributed by atoms with van der Waals surface area (Å²) in [4.78, 5) is 43.9. The normalized spacial score (nSPS) is 16.5. The number of aryl methyl sites for hydroxylation is 1. The van der Waals surface area contributed by atoms with Gasteiger partial charge in [-0.05, 0) is 30.2 Å². The second-order valence-corrected chi connectivity index (χ2v) is 6.49. The van der Waals surface area contributed by atoms with Crippen molar-refractivity contribution in [3.05, 3.63) is 59.2 Å². The van der Waals surface area contributed by atoms with Gasteiger partial charge in [-0.15, -0.1) is 0 Å². The lowest BCUT2D eigenvalue weighted by Gasteiger charge is -2.26. The van der Waals surface area contributed by atoms with Gasteiger partial charge in [0.25, 0.3) is 11.8 Å². The Balaban J connectivity index is 1.58. The van der Waals surface area contributed by atoms with Gasteiger partial charge in [-0.1, -0.05) is 41.0 Å². The highest BCUT2D eigenvalue weighted by Gasteiger charge is 2.40. The lowest BCUT2D eigenvalue weighted by atomic mass is 9.99. The first-order chi connectivity index (χ1) is 13.0. The fraction of sp³-hybridized carbons (Fsp3) is 0.250. The van der Waals surface area contributed by atoms with E-state index in [0.717, 1.165) is 16.7 Å². The zero-order valence-corrected chi connectivity index (χ0v) is 14.8. The van der Waals surface area contributed by atoms with Crippen LogP contribution in [0.4, 0.5) is 4.79 Å². The molecule has 1 saturated heterocycles. The maximum atomic E-state index is 12.7. The molecule has 2 aromatic rings. The van der Waals surface area contributed by atoms with Crippen molar-refractivity contribution in [3.63, 3.8) is 0 Å². The lowest BCUT2D eigenvalue weighted by Crippen LogP contribution is -2.44. The molecule has 7 heteroatoms. The summed E-state index contributed by atoms with van der Waals surface area (Å²) in [6, 6.07) is 12.9. The van der Waals surface area contributed by atoms with Crippen molar-refractivity contribution in [3.8, 4) is 11.1 Å². The smallest absolute Gasteiger partial charge is 0.378 e. The highest BCUT2D eigenvalue weighted by Crippen LogP contribution is 2.29. The third-order valence-electron chi connectivity index (χ3n) is 4.64. The van der Waals surface area contributed by atoms with Crippen molar-refractivity contribution in [1.82, 2.24) is 9.96 Å². The van der Waals surface area contributed by atoms with E-state index in [1.165, 1.54) is 4.90 Å². The Morgan fingerprint density at radius 3 is 2.41 bits per heavy atom. The molecule has 0 spiro atoms. The monoisotopic (exact) mass is 366 g/mol. The number of imide groups is 1. The molecule has 0 atom stereocenters. The number of nitrogens with zero attached hydrogens (tertiary/aromatic N) is 2. The number of ether oxygens (including phenoxy) is 1. The number of carbonyl (C=O) groups excluding carboxylic acids is 3. The maximum Gasteiger partial charge on any atom is 0.434 e. The first kappa shape index (κ1) is 17.2. The predicted molar refractivity (Wildman–Crippen MR) is 96.0 cm³/mol. The molecule has 3 amide bonds. The number of hydrogen-bond donors (Lipinski definition) is 0. The largest absolute Gasteiger partial charge is 0.434 e. The molecule has 2 aliphatic rings. The van der Waals surface area contributed by atoms with Crippen molar-refractivity contribution in [1.29, 1.82) is 0 Å². The zero-order valence-electron chi connectivity index (χ0n) is 14.8. The molecule has 7 nitrogen and oxygen atoms in total. The summed E-state index contributed by atoms with van der Waals surface area (Å²) >= 11 is 0. The second-order valence-electron chi connectivity index (χ2n) is 6.49. The minimum atomic E-state index is -0.730. The number of fused-ring (bicyclic) bond motifs is 1. The predicted octanol–water partition coefficient (Wildman–Crippen LogP) is 2.64. The lowest BCUT2D eigenvalue weighted by molar-refractivity contribution is -0.0657. The topological polar surface area (TPSA) is 76.2 Å². The first-order valence-electron chi connectivity index (χ1n) is 8.69. The summed E-state index contributed by atoms with van der Waals surface area (Å²) in [6.45, 7) is 3.51. The Kier molecular flexibility index (Phi) is 4.37. The van der Waals surface area contributed by atoms with Gasteiger partial charge in [0.2, 0.25) is 0 Å². The van der Waals surface area contributed by atoms with Gasteiger partial charge in [-0.25, -0.2) is 4.79 Å². The third-order valence-corrected chi connectivity index (χ3v) is 4.64.